The van der Waals surface area contributed by atoms with Gasteiger partial charge in [-0.25, -0.2) is 0 Å². The molecule has 0 spiro atoms. The molecule has 1 aliphatic rings. The monoisotopic (exact) mass is 264 g/mol. The highest BCUT2D eigenvalue weighted by Crippen LogP contribution is 2.19. The molecule has 98 valence electrons. The van der Waals surface area contributed by atoms with Gasteiger partial charge in [-0.2, -0.15) is 11.8 Å². The normalized spacial score (nSPS) is 19.3. The lowest BCUT2D eigenvalue weighted by Crippen LogP contribution is -2.38. The van der Waals surface area contributed by atoms with Gasteiger partial charge in [0, 0.05) is 30.1 Å². The summed E-state index contributed by atoms with van der Waals surface area (Å²) in [5, 5.41) is 6.23. The summed E-state index contributed by atoms with van der Waals surface area (Å²) in [4.78, 5) is 12.1. The van der Waals surface area contributed by atoms with Crippen molar-refractivity contribution in [2.45, 2.75) is 25.8 Å². The molecule has 18 heavy (non-hydrogen) atoms. The van der Waals surface area contributed by atoms with Gasteiger partial charge in [-0.15, -0.1) is 0 Å². The van der Waals surface area contributed by atoms with E-state index in [2.05, 4.69) is 10.6 Å². The summed E-state index contributed by atoms with van der Waals surface area (Å²) in [7, 11) is 1.89. The number of anilines is 1. The highest BCUT2D eigenvalue weighted by atomic mass is 32.2. The topological polar surface area (TPSA) is 41.1 Å². The number of aryl methyl sites for hydroxylation is 1. The maximum absolute atomic E-state index is 12.1. The van der Waals surface area contributed by atoms with E-state index in [0.717, 1.165) is 29.0 Å². The van der Waals surface area contributed by atoms with Crippen LogP contribution in [0.2, 0.25) is 0 Å². The van der Waals surface area contributed by atoms with Crippen molar-refractivity contribution in [3.63, 3.8) is 0 Å². The van der Waals surface area contributed by atoms with E-state index in [4.69, 9.17) is 0 Å². The summed E-state index contributed by atoms with van der Waals surface area (Å²) >= 11 is 1.92. The summed E-state index contributed by atoms with van der Waals surface area (Å²) in [5.74, 6) is 2.31. The number of carbonyl (C=O) groups is 1. The zero-order valence-electron chi connectivity index (χ0n) is 11.0. The molecule has 0 aromatic heterocycles. The number of thioether (sulfide) groups is 1. The number of nitrogens with one attached hydrogen (secondary N) is 2. The highest BCUT2D eigenvalue weighted by Gasteiger charge is 2.17. The van der Waals surface area contributed by atoms with Crippen LogP contribution in [-0.2, 0) is 0 Å². The molecule has 1 atom stereocenters. The first kappa shape index (κ1) is 13.3. The van der Waals surface area contributed by atoms with Crippen molar-refractivity contribution >= 4 is 23.4 Å². The van der Waals surface area contributed by atoms with Gasteiger partial charge in [0.05, 0.1) is 0 Å². The van der Waals surface area contributed by atoms with Crippen LogP contribution >= 0.6 is 11.8 Å². The summed E-state index contributed by atoms with van der Waals surface area (Å²) in [6, 6.07) is 6.11. The predicted octanol–water partition coefficient (Wildman–Crippen LogP) is 2.66. The van der Waals surface area contributed by atoms with E-state index in [1.165, 1.54) is 12.2 Å². The molecule has 3 nitrogen and oxygen atoms in total. The second-order valence-corrected chi connectivity index (χ2v) is 5.82. The molecule has 2 rings (SSSR count). The van der Waals surface area contributed by atoms with E-state index in [1.54, 1.807) is 0 Å². The van der Waals surface area contributed by atoms with Gasteiger partial charge in [-0.05, 0) is 49.3 Å². The van der Waals surface area contributed by atoms with Gasteiger partial charge in [0.2, 0.25) is 0 Å². The third kappa shape index (κ3) is 3.19. The Labute approximate surface area is 113 Å². The van der Waals surface area contributed by atoms with Gasteiger partial charge in [0.15, 0.2) is 0 Å². The molecule has 1 heterocycles. The Balaban J connectivity index is 2.01. The Morgan fingerprint density at radius 3 is 2.89 bits per heavy atom. The second kappa shape index (κ2) is 6.14. The van der Waals surface area contributed by atoms with Crippen LogP contribution in [0, 0.1) is 6.92 Å². The first-order valence-corrected chi connectivity index (χ1v) is 7.53. The molecular weight excluding hydrogens is 244 g/mol. The largest absolute Gasteiger partial charge is 0.388 e. The smallest absolute Gasteiger partial charge is 0.251 e. The minimum Gasteiger partial charge on any atom is -0.388 e. The summed E-state index contributed by atoms with van der Waals surface area (Å²) < 4.78 is 0. The fourth-order valence-corrected chi connectivity index (χ4v) is 3.28. The fraction of sp³-hybridized carbons (Fsp3) is 0.500. The first-order valence-electron chi connectivity index (χ1n) is 6.37. The molecule has 1 amide bonds. The molecule has 1 aromatic carbocycles. The van der Waals surface area contributed by atoms with E-state index in [1.807, 2.05) is 43.9 Å². The van der Waals surface area contributed by atoms with Gasteiger partial charge in [0.25, 0.3) is 5.91 Å². The zero-order chi connectivity index (χ0) is 13.0. The lowest BCUT2D eigenvalue weighted by molar-refractivity contribution is 0.0938. The molecule has 0 aliphatic carbocycles. The van der Waals surface area contributed by atoms with Crippen molar-refractivity contribution in [3.8, 4) is 0 Å². The van der Waals surface area contributed by atoms with Gasteiger partial charge in [0.1, 0.15) is 0 Å². The van der Waals surface area contributed by atoms with Crippen LogP contribution in [0.15, 0.2) is 18.2 Å². The van der Waals surface area contributed by atoms with Gasteiger partial charge in [-0.1, -0.05) is 0 Å². The van der Waals surface area contributed by atoms with Crippen molar-refractivity contribution in [3.05, 3.63) is 29.3 Å². The fourth-order valence-electron chi connectivity index (χ4n) is 2.21. The quantitative estimate of drug-likeness (QED) is 0.882. The molecule has 4 heteroatoms. The first-order chi connectivity index (χ1) is 8.70. The van der Waals surface area contributed by atoms with Crippen LogP contribution in [0.1, 0.15) is 28.8 Å². The van der Waals surface area contributed by atoms with E-state index in [-0.39, 0.29) is 5.91 Å². The van der Waals surface area contributed by atoms with Crippen molar-refractivity contribution in [1.29, 1.82) is 0 Å². The van der Waals surface area contributed by atoms with Gasteiger partial charge < -0.3 is 10.6 Å². The van der Waals surface area contributed by atoms with E-state index in [9.17, 15) is 4.79 Å². The number of rotatable bonds is 3. The molecular formula is C14H20N2OS. The molecule has 0 radical (unpaired) electrons. The lowest BCUT2D eigenvalue weighted by Gasteiger charge is -2.22. The van der Waals surface area contributed by atoms with E-state index < -0.39 is 0 Å². The van der Waals surface area contributed by atoms with Crippen molar-refractivity contribution < 1.29 is 4.79 Å². The number of hydrogen-bond donors (Lipinski definition) is 2. The highest BCUT2D eigenvalue weighted by molar-refractivity contribution is 7.99. The molecule has 1 unspecified atom stereocenters. The predicted molar refractivity (Wildman–Crippen MR) is 78.5 cm³/mol. The Hall–Kier alpha value is -1.16. The van der Waals surface area contributed by atoms with E-state index >= 15 is 0 Å². The maximum atomic E-state index is 12.1. The average molecular weight is 264 g/mol. The average Bonchev–Trinajstić information content (AvgIpc) is 2.39. The zero-order valence-corrected chi connectivity index (χ0v) is 11.8. The molecule has 1 saturated heterocycles. The van der Waals surface area contributed by atoms with Gasteiger partial charge >= 0.3 is 0 Å². The van der Waals surface area contributed by atoms with Crippen LogP contribution in [0.4, 0.5) is 5.69 Å². The molecule has 2 N–H and O–H groups in total. The van der Waals surface area contributed by atoms with Crippen LogP contribution < -0.4 is 10.6 Å². The Morgan fingerprint density at radius 2 is 2.28 bits per heavy atom. The number of hydrogen-bond acceptors (Lipinski definition) is 3. The van der Waals surface area contributed by atoms with Crippen LogP contribution in [0.3, 0.4) is 0 Å². The van der Waals surface area contributed by atoms with Crippen molar-refractivity contribution in [1.82, 2.24) is 5.32 Å². The maximum Gasteiger partial charge on any atom is 0.251 e. The number of carbonyl (C=O) groups excluding carboxylic acids is 1. The van der Waals surface area contributed by atoms with Crippen LogP contribution in [0.25, 0.3) is 0 Å². The lowest BCUT2D eigenvalue weighted by atomic mass is 10.1. The van der Waals surface area contributed by atoms with E-state index in [0.29, 0.717) is 6.04 Å². The minimum atomic E-state index is 0.0493. The van der Waals surface area contributed by atoms with Crippen LogP contribution in [-0.4, -0.2) is 30.5 Å². The third-order valence-corrected chi connectivity index (χ3v) is 4.47. The Bertz CT molecular complexity index is 428. The Morgan fingerprint density at radius 1 is 1.44 bits per heavy atom. The summed E-state index contributed by atoms with van der Waals surface area (Å²) in [6.45, 7) is 2.01. The SMILES string of the molecule is CNc1ccc(C(=O)NC2CCCSC2)cc1C. The minimum absolute atomic E-state index is 0.0493. The summed E-state index contributed by atoms with van der Waals surface area (Å²) in [6.07, 6.45) is 2.31. The van der Waals surface area contributed by atoms with Gasteiger partial charge in [-0.3, -0.25) is 4.79 Å². The molecule has 1 aromatic rings. The van der Waals surface area contributed by atoms with Crippen LogP contribution in [0.5, 0.6) is 0 Å². The Kier molecular flexibility index (Phi) is 4.53. The van der Waals surface area contributed by atoms with Crippen molar-refractivity contribution in [2.24, 2.45) is 0 Å². The number of amides is 1. The molecule has 0 bridgehead atoms. The second-order valence-electron chi connectivity index (χ2n) is 4.67. The molecule has 1 aliphatic heterocycles. The standard InChI is InChI=1S/C14H20N2OS/c1-10-8-11(5-6-13(10)15-2)14(17)16-12-4-3-7-18-9-12/h5-6,8,12,15H,3-4,7,9H2,1-2H3,(H,16,17). The molecule has 1 fully saturated rings. The molecule has 0 saturated carbocycles. The third-order valence-electron chi connectivity index (χ3n) is 3.25. The number of benzene rings is 1. The summed E-state index contributed by atoms with van der Waals surface area (Å²) in [5.41, 5.74) is 2.92. The van der Waals surface area contributed by atoms with Crippen molar-refractivity contribution in [2.75, 3.05) is 23.9 Å².